The predicted octanol–water partition coefficient (Wildman–Crippen LogP) is -0.851. The monoisotopic (exact) mass is 760 g/mol. The summed E-state index contributed by atoms with van der Waals surface area (Å²) in [5.74, 6) is -5.56. The van der Waals surface area contributed by atoms with Crippen LogP contribution in [0.3, 0.4) is 0 Å². The maximum absolute atomic E-state index is 14.0. The van der Waals surface area contributed by atoms with Gasteiger partial charge in [-0.25, -0.2) is 4.79 Å². The van der Waals surface area contributed by atoms with Crippen molar-refractivity contribution in [3.8, 4) is 40.2 Å². The summed E-state index contributed by atoms with van der Waals surface area (Å²) in [4.78, 5) is 26.9. The van der Waals surface area contributed by atoms with Gasteiger partial charge in [0, 0.05) is 18.2 Å². The summed E-state index contributed by atoms with van der Waals surface area (Å²) < 4.78 is 34.5. The topological polar surface area (TPSA) is 312 Å². The number of aliphatic hydroxyl groups excluding tert-OH is 5. The summed E-state index contributed by atoms with van der Waals surface area (Å²) in [6.07, 6.45) is -17.6. The van der Waals surface area contributed by atoms with Crippen LogP contribution in [0, 0.1) is 0 Å². The van der Waals surface area contributed by atoms with Crippen LogP contribution in [0.5, 0.6) is 40.2 Å². The lowest BCUT2D eigenvalue weighted by atomic mass is 9.92. The predicted molar refractivity (Wildman–Crippen MR) is 175 cm³/mol. The largest absolute Gasteiger partial charge is 0.508 e. The van der Waals surface area contributed by atoms with Crippen molar-refractivity contribution in [1.82, 2.24) is 0 Å². The Morgan fingerprint density at radius 1 is 0.778 bits per heavy atom. The minimum absolute atomic E-state index is 0.0278. The number of aliphatic hydroxyl groups is 5. The fraction of sp³-hybridized carbons (Fsp3) is 0.371. The number of esters is 1. The van der Waals surface area contributed by atoms with Gasteiger partial charge in [-0.3, -0.25) is 4.79 Å². The van der Waals surface area contributed by atoms with Gasteiger partial charge in [0.2, 0.25) is 5.78 Å². The molecule has 0 saturated carbocycles. The molecule has 2 fully saturated rings. The number of rotatable bonds is 9. The van der Waals surface area contributed by atoms with Crippen molar-refractivity contribution in [2.45, 2.75) is 67.5 Å². The van der Waals surface area contributed by atoms with Gasteiger partial charge in [-0.05, 0) is 41.5 Å². The Hall–Kier alpha value is -5.22. The zero-order chi connectivity index (χ0) is 39.0. The van der Waals surface area contributed by atoms with Crippen molar-refractivity contribution in [3.63, 3.8) is 0 Å². The molecule has 0 amide bonds. The Balaban J connectivity index is 1.30. The van der Waals surface area contributed by atoms with E-state index in [0.717, 1.165) is 36.4 Å². The van der Waals surface area contributed by atoms with Gasteiger partial charge < -0.3 is 84.6 Å². The average Bonchev–Trinajstić information content (AvgIpc) is 3.13. The summed E-state index contributed by atoms with van der Waals surface area (Å²) in [7, 11) is 0. The smallest absolute Gasteiger partial charge is 0.331 e. The second kappa shape index (κ2) is 15.6. The highest BCUT2D eigenvalue weighted by atomic mass is 16.8. The number of phenolic OH excluding ortho intramolecular Hbond substituents is 6. The highest BCUT2D eigenvalue weighted by Crippen LogP contribution is 2.45. The summed E-state index contributed by atoms with van der Waals surface area (Å²) in [6, 6.07) is 8.97. The minimum Gasteiger partial charge on any atom is -0.508 e. The van der Waals surface area contributed by atoms with Gasteiger partial charge >= 0.3 is 5.97 Å². The second-order valence-electron chi connectivity index (χ2n) is 12.6. The molecule has 3 aromatic carbocycles. The Bertz CT molecular complexity index is 1900. The fourth-order valence-corrected chi connectivity index (χ4v) is 6.10. The lowest BCUT2D eigenvalue weighted by molar-refractivity contribution is -0.362. The van der Waals surface area contributed by atoms with Gasteiger partial charge in [-0.15, -0.1) is 0 Å². The molecular weight excluding hydrogens is 724 g/mol. The Morgan fingerprint density at radius 3 is 2.17 bits per heavy atom. The number of ether oxygens (including phenoxy) is 6. The van der Waals surface area contributed by atoms with Crippen LogP contribution in [0.2, 0.25) is 0 Å². The first kappa shape index (κ1) is 38.5. The molecular formula is C35H36O19. The molecule has 19 heteroatoms. The molecule has 0 bridgehead atoms. The zero-order valence-electron chi connectivity index (χ0n) is 27.7. The molecule has 11 atom stereocenters. The van der Waals surface area contributed by atoms with Crippen LogP contribution < -0.4 is 4.74 Å². The van der Waals surface area contributed by atoms with Gasteiger partial charge in [0.1, 0.15) is 59.4 Å². The first-order chi connectivity index (χ1) is 25.7. The molecule has 3 heterocycles. The first-order valence-electron chi connectivity index (χ1n) is 16.3. The standard InChI is InChI=1S/C35H36O19/c36-11-23-27(46)29(48)33(54-34-32(26(45)21(43)12-49-34)52-24(44)6-2-13-1-4-16(38)18(40)7-13)35(51-23)53-31-28(47)25-20(42)9-15(37)10-22(25)50-30(31)14-3-5-17(39)19(41)8-14/h1-10,21,23,26-27,29-43,45-46,48H,11-12H2/b6-2+/t21-,23-,26+,27-,29+,30-,31+,32-,33-,34-,35-/m0/s1. The number of fused-ring (bicyclic) bond motifs is 1. The molecule has 0 unspecified atom stereocenters. The molecule has 0 spiro atoms. The molecule has 3 aliphatic rings. The third kappa shape index (κ3) is 7.71. The second-order valence-corrected chi connectivity index (χ2v) is 12.6. The van der Waals surface area contributed by atoms with Crippen LogP contribution in [0.25, 0.3) is 6.08 Å². The van der Waals surface area contributed by atoms with Crippen molar-refractivity contribution in [3.05, 3.63) is 71.3 Å². The Morgan fingerprint density at radius 2 is 1.48 bits per heavy atom. The van der Waals surface area contributed by atoms with E-state index in [0.29, 0.717) is 0 Å². The highest BCUT2D eigenvalue weighted by molar-refractivity contribution is 6.05. The number of benzene rings is 3. The minimum atomic E-state index is -2.00. The number of hydrogen-bond acceptors (Lipinski definition) is 19. The van der Waals surface area contributed by atoms with Crippen LogP contribution in [-0.4, -0.2) is 143 Å². The number of carbonyl (C=O) groups excluding carboxylic acids is 2. The van der Waals surface area contributed by atoms with Crippen molar-refractivity contribution in [2.75, 3.05) is 13.2 Å². The quantitative estimate of drug-likeness (QED) is 0.0719. The van der Waals surface area contributed by atoms with Crippen molar-refractivity contribution in [2.24, 2.45) is 0 Å². The van der Waals surface area contributed by atoms with Crippen LogP contribution in [0.1, 0.15) is 27.6 Å². The molecule has 0 aliphatic carbocycles. The Kier molecular flexibility index (Phi) is 11.1. The van der Waals surface area contributed by atoms with E-state index >= 15 is 0 Å². The number of aromatic hydroxyl groups is 6. The van der Waals surface area contributed by atoms with Crippen LogP contribution in [0.15, 0.2) is 54.6 Å². The number of phenols is 6. The average molecular weight is 761 g/mol. The van der Waals surface area contributed by atoms with Crippen LogP contribution >= 0.6 is 0 Å². The summed E-state index contributed by atoms with van der Waals surface area (Å²) in [6.45, 7) is -1.46. The third-order valence-corrected chi connectivity index (χ3v) is 8.92. The van der Waals surface area contributed by atoms with Crippen molar-refractivity contribution >= 4 is 17.8 Å². The molecule has 2 saturated heterocycles. The number of Topliss-reactive ketones (excluding diaryl/α,β-unsaturated/α-hetero) is 1. The summed E-state index contributed by atoms with van der Waals surface area (Å²) >= 11 is 0. The fourth-order valence-electron chi connectivity index (χ4n) is 6.10. The molecule has 19 nitrogen and oxygen atoms in total. The van der Waals surface area contributed by atoms with E-state index in [9.17, 15) is 65.8 Å². The van der Waals surface area contributed by atoms with Crippen LogP contribution in [0.4, 0.5) is 0 Å². The number of hydrogen-bond donors (Lipinski definition) is 11. The molecule has 11 N–H and O–H groups in total. The maximum Gasteiger partial charge on any atom is 0.331 e. The highest BCUT2D eigenvalue weighted by Gasteiger charge is 2.53. The van der Waals surface area contributed by atoms with Crippen molar-refractivity contribution in [1.29, 1.82) is 0 Å². The molecule has 3 aromatic rings. The number of carbonyl (C=O) groups is 2. The van der Waals surface area contributed by atoms with Gasteiger partial charge in [0.25, 0.3) is 0 Å². The summed E-state index contributed by atoms with van der Waals surface area (Å²) in [5, 5.41) is 113. The van der Waals surface area contributed by atoms with Crippen molar-refractivity contribution < 1.29 is 94.2 Å². The SMILES string of the molecule is O=C(/C=C/c1ccc(O)c(O)c1)O[C@@H]1[C@H](O[C@@H]2[C@H](O[C@@H]3C(=O)c4c(O)cc(O)cc4O[C@H]3c3ccc(O)c(O)c3)O[C@@H](CO)[C@H](O)[C@H]2O)OC[C@H](O)[C@H]1O. The number of ketones is 1. The molecule has 0 aromatic heterocycles. The lowest BCUT2D eigenvalue weighted by Gasteiger charge is -2.46. The molecule has 3 aliphatic heterocycles. The van der Waals surface area contributed by atoms with Gasteiger partial charge in [0.15, 0.2) is 53.9 Å². The van der Waals surface area contributed by atoms with E-state index in [-0.39, 0.29) is 16.9 Å². The molecule has 0 radical (unpaired) electrons. The van der Waals surface area contributed by atoms with E-state index in [4.69, 9.17) is 28.4 Å². The normalized spacial score (nSPS) is 31.1. The first-order valence-corrected chi connectivity index (χ1v) is 16.3. The molecule has 6 rings (SSSR count). The van der Waals surface area contributed by atoms with Crippen LogP contribution in [-0.2, 0) is 28.5 Å². The lowest BCUT2D eigenvalue weighted by Crippen LogP contribution is -2.64. The van der Waals surface area contributed by atoms with E-state index in [1.165, 1.54) is 24.3 Å². The Labute approximate surface area is 304 Å². The summed E-state index contributed by atoms with van der Waals surface area (Å²) in [5.41, 5.74) is -0.153. The third-order valence-electron chi connectivity index (χ3n) is 8.92. The maximum atomic E-state index is 14.0. The van der Waals surface area contributed by atoms with Gasteiger partial charge in [-0.1, -0.05) is 12.1 Å². The zero-order valence-corrected chi connectivity index (χ0v) is 27.7. The van der Waals surface area contributed by atoms with Gasteiger partial charge in [-0.2, -0.15) is 0 Å². The molecule has 54 heavy (non-hydrogen) atoms. The molecule has 290 valence electrons. The van der Waals surface area contributed by atoms with E-state index in [1.54, 1.807) is 0 Å². The van der Waals surface area contributed by atoms with E-state index in [2.05, 4.69) is 0 Å². The van der Waals surface area contributed by atoms with E-state index in [1.807, 2.05) is 0 Å². The van der Waals surface area contributed by atoms with Gasteiger partial charge in [0.05, 0.1) is 13.2 Å². The van der Waals surface area contributed by atoms with E-state index < -0.39 is 133 Å².